The molecule has 19 heteroatoms. The van der Waals surface area contributed by atoms with E-state index in [4.69, 9.17) is 24.5 Å². The van der Waals surface area contributed by atoms with Crippen molar-refractivity contribution in [3.8, 4) is 0 Å². The summed E-state index contributed by atoms with van der Waals surface area (Å²) in [6.07, 6.45) is -6.78. The SMILES string of the molecule is COCCN1C[C@@H]2c3nc(NCc4ccccn4)ncc3CS(=O)(=O)[C@@H]2C1.O=C(O)C(F)(F)F.O=C(O)C(F)(F)F. The van der Waals surface area contributed by atoms with Crippen molar-refractivity contribution >= 4 is 27.7 Å². The van der Waals surface area contributed by atoms with Gasteiger partial charge in [-0.25, -0.2) is 28.0 Å². The molecule has 12 nitrogen and oxygen atoms in total. The highest BCUT2D eigenvalue weighted by Gasteiger charge is 2.47. The Morgan fingerprint density at radius 2 is 1.68 bits per heavy atom. The number of aliphatic carboxylic acids is 2. The van der Waals surface area contributed by atoms with Gasteiger partial charge in [0.25, 0.3) is 0 Å². The number of rotatable bonds is 6. The van der Waals surface area contributed by atoms with Gasteiger partial charge in [-0.3, -0.25) is 9.88 Å². The van der Waals surface area contributed by atoms with E-state index in [0.29, 0.717) is 37.8 Å². The summed E-state index contributed by atoms with van der Waals surface area (Å²) in [6, 6.07) is 5.73. The second-order valence-corrected chi connectivity index (χ2v) is 10.8. The van der Waals surface area contributed by atoms with Crippen molar-refractivity contribution in [1.82, 2.24) is 19.9 Å². The number of anilines is 1. The molecule has 228 valence electrons. The molecule has 3 N–H and O–H groups in total. The van der Waals surface area contributed by atoms with Gasteiger partial charge in [0.15, 0.2) is 9.84 Å². The van der Waals surface area contributed by atoms with Crippen LogP contribution in [0.3, 0.4) is 0 Å². The van der Waals surface area contributed by atoms with Gasteiger partial charge in [0, 0.05) is 50.6 Å². The number of ether oxygens (including phenoxy) is 1. The number of aromatic nitrogens is 3. The maximum absolute atomic E-state index is 12.7. The topological polar surface area (TPSA) is 172 Å². The second kappa shape index (κ2) is 13.9. The van der Waals surface area contributed by atoms with E-state index in [9.17, 15) is 34.8 Å². The van der Waals surface area contributed by atoms with Crippen molar-refractivity contribution in [2.75, 3.05) is 38.7 Å². The zero-order valence-electron chi connectivity index (χ0n) is 21.2. The lowest BCUT2D eigenvalue weighted by Crippen LogP contribution is -2.35. The van der Waals surface area contributed by atoms with Crippen LogP contribution in [-0.4, -0.2) is 101 Å². The van der Waals surface area contributed by atoms with E-state index in [2.05, 4.69) is 25.2 Å². The van der Waals surface area contributed by atoms with E-state index >= 15 is 0 Å². The Balaban J connectivity index is 0.000000349. The third-order valence-electron chi connectivity index (χ3n) is 5.66. The van der Waals surface area contributed by atoms with Crippen LogP contribution in [0, 0.1) is 0 Å². The van der Waals surface area contributed by atoms with Crippen LogP contribution in [-0.2, 0) is 36.5 Å². The number of fused-ring (bicyclic) bond motifs is 3. The highest BCUT2D eigenvalue weighted by molar-refractivity contribution is 7.91. The van der Waals surface area contributed by atoms with E-state index < -0.39 is 39.4 Å². The molecule has 0 aromatic carbocycles. The minimum atomic E-state index is -5.08. The number of halogens is 6. The molecule has 1 fully saturated rings. The number of nitrogens with zero attached hydrogens (tertiary/aromatic N) is 4. The van der Waals surface area contributed by atoms with E-state index in [1.165, 1.54) is 0 Å². The molecule has 0 radical (unpaired) electrons. The molecule has 0 saturated carbocycles. The Labute approximate surface area is 229 Å². The Kier molecular flexibility index (Phi) is 11.4. The van der Waals surface area contributed by atoms with Crippen LogP contribution in [0.2, 0.25) is 0 Å². The van der Waals surface area contributed by atoms with E-state index in [1.54, 1.807) is 19.5 Å². The number of methoxy groups -OCH3 is 1. The standard InChI is InChI=1S/C18H23N5O3S.2C2HF3O2/c1-26-7-6-23-10-15-16(11-23)27(24,25)12-13-8-20-18(22-17(13)15)21-9-14-4-2-3-5-19-14;2*3-2(4,5)1(6)7/h2-5,8,15-16H,6-7,9-12H2,1H3,(H,20,21,22);2*(H,6,7)/t15-,16+;;/m0../s1. The first kappa shape index (κ1) is 33.6. The predicted molar refractivity (Wildman–Crippen MR) is 128 cm³/mol. The third kappa shape index (κ3) is 10.1. The van der Waals surface area contributed by atoms with Crippen LogP contribution in [0.1, 0.15) is 22.9 Å². The maximum Gasteiger partial charge on any atom is 0.490 e. The number of hydrogen-bond acceptors (Lipinski definition) is 10. The summed E-state index contributed by atoms with van der Waals surface area (Å²) in [5.74, 6) is -5.11. The normalized spacial score (nSPS) is 19.4. The minimum Gasteiger partial charge on any atom is -0.475 e. The minimum absolute atomic E-state index is 0.0160. The van der Waals surface area contributed by atoms with Gasteiger partial charge >= 0.3 is 24.3 Å². The number of pyridine rings is 1. The molecule has 2 aromatic rings. The summed E-state index contributed by atoms with van der Waals surface area (Å²) in [7, 11) is -1.54. The number of likely N-dealkylation sites (tertiary alicyclic amines) is 1. The molecular formula is C22H25F6N5O7S. The second-order valence-electron chi connectivity index (χ2n) is 8.59. The molecule has 2 aromatic heterocycles. The summed E-state index contributed by atoms with van der Waals surface area (Å²) >= 11 is 0. The van der Waals surface area contributed by atoms with Crippen LogP contribution in [0.4, 0.5) is 32.3 Å². The van der Waals surface area contributed by atoms with Crippen LogP contribution in [0.5, 0.6) is 0 Å². The highest BCUT2D eigenvalue weighted by atomic mass is 32.2. The van der Waals surface area contributed by atoms with E-state index in [-0.39, 0.29) is 11.7 Å². The molecule has 2 aliphatic heterocycles. The molecule has 4 rings (SSSR count). The van der Waals surface area contributed by atoms with E-state index in [0.717, 1.165) is 17.9 Å². The van der Waals surface area contributed by atoms with Gasteiger partial charge in [-0.1, -0.05) is 6.07 Å². The zero-order valence-corrected chi connectivity index (χ0v) is 22.0. The molecule has 0 unspecified atom stereocenters. The fraction of sp³-hybridized carbons (Fsp3) is 0.500. The average molecular weight is 618 g/mol. The van der Waals surface area contributed by atoms with Crippen molar-refractivity contribution in [2.45, 2.75) is 35.8 Å². The highest BCUT2D eigenvalue weighted by Crippen LogP contribution is 2.39. The molecule has 2 atom stereocenters. The summed E-state index contributed by atoms with van der Waals surface area (Å²) in [4.78, 5) is 33.2. The first-order valence-corrected chi connectivity index (χ1v) is 13.2. The molecule has 41 heavy (non-hydrogen) atoms. The van der Waals surface area contributed by atoms with Gasteiger partial charge in [-0.2, -0.15) is 26.3 Å². The summed E-state index contributed by atoms with van der Waals surface area (Å²) in [6.45, 7) is 3.05. The molecule has 2 aliphatic rings. The number of nitrogens with one attached hydrogen (secondary N) is 1. The Bertz CT molecular complexity index is 1270. The van der Waals surface area contributed by atoms with Gasteiger partial charge < -0.3 is 20.3 Å². The lowest BCUT2D eigenvalue weighted by Gasteiger charge is -2.26. The Morgan fingerprint density at radius 1 is 1.07 bits per heavy atom. The van der Waals surface area contributed by atoms with Crippen molar-refractivity contribution in [1.29, 1.82) is 0 Å². The molecule has 1 saturated heterocycles. The van der Waals surface area contributed by atoms with Crippen LogP contribution >= 0.6 is 0 Å². The number of alkyl halides is 6. The molecule has 0 amide bonds. The number of carbonyl (C=O) groups is 2. The molecule has 0 spiro atoms. The third-order valence-corrected chi connectivity index (χ3v) is 7.77. The number of carboxylic acid groups (broad SMARTS) is 2. The van der Waals surface area contributed by atoms with Gasteiger partial charge in [-0.15, -0.1) is 0 Å². The van der Waals surface area contributed by atoms with Crippen LogP contribution in [0.25, 0.3) is 0 Å². The van der Waals surface area contributed by atoms with Crippen molar-refractivity contribution < 1.29 is 59.3 Å². The van der Waals surface area contributed by atoms with Crippen molar-refractivity contribution in [2.24, 2.45) is 0 Å². The summed E-state index contributed by atoms with van der Waals surface area (Å²) < 4.78 is 94.0. The Morgan fingerprint density at radius 3 is 2.20 bits per heavy atom. The first-order valence-electron chi connectivity index (χ1n) is 11.5. The smallest absolute Gasteiger partial charge is 0.475 e. The lowest BCUT2D eigenvalue weighted by molar-refractivity contribution is -0.193. The number of sulfone groups is 1. The van der Waals surface area contributed by atoms with Gasteiger partial charge in [-0.05, 0) is 12.1 Å². The monoisotopic (exact) mass is 617 g/mol. The van der Waals surface area contributed by atoms with E-state index in [1.807, 2.05) is 18.2 Å². The Hall–Kier alpha value is -3.58. The summed E-state index contributed by atoms with van der Waals surface area (Å²) in [5.41, 5.74) is 2.47. The quantitative estimate of drug-likeness (QED) is 0.404. The fourth-order valence-electron chi connectivity index (χ4n) is 3.81. The zero-order chi connectivity index (χ0) is 31.0. The largest absolute Gasteiger partial charge is 0.490 e. The molecule has 0 bridgehead atoms. The van der Waals surface area contributed by atoms with Crippen LogP contribution in [0.15, 0.2) is 30.6 Å². The van der Waals surface area contributed by atoms with Gasteiger partial charge in [0.05, 0.1) is 35.5 Å². The predicted octanol–water partition coefficient (Wildman–Crippen LogP) is 2.09. The summed E-state index contributed by atoms with van der Waals surface area (Å²) in [5, 5.41) is 17.0. The molecule has 4 heterocycles. The van der Waals surface area contributed by atoms with Crippen molar-refractivity contribution in [3.05, 3.63) is 47.5 Å². The lowest BCUT2D eigenvalue weighted by atomic mass is 10.00. The first-order chi connectivity index (χ1) is 19.0. The average Bonchev–Trinajstić information content (AvgIpc) is 3.32. The van der Waals surface area contributed by atoms with Crippen molar-refractivity contribution in [3.63, 3.8) is 0 Å². The molecule has 0 aliphatic carbocycles. The number of hydrogen-bond donors (Lipinski definition) is 3. The number of carboxylic acids is 2. The fourth-order valence-corrected chi connectivity index (χ4v) is 5.84. The van der Waals surface area contributed by atoms with Gasteiger partial charge in [0.2, 0.25) is 5.95 Å². The van der Waals surface area contributed by atoms with Gasteiger partial charge in [0.1, 0.15) is 0 Å². The maximum atomic E-state index is 12.7. The van der Waals surface area contributed by atoms with Crippen LogP contribution < -0.4 is 5.32 Å². The molecular weight excluding hydrogens is 592 g/mol.